The third kappa shape index (κ3) is 3.74. The van der Waals surface area contributed by atoms with Gasteiger partial charge in [-0.25, -0.2) is 4.79 Å². The Labute approximate surface area is 83.4 Å². The highest BCUT2D eigenvalue weighted by Crippen LogP contribution is 2.02. The van der Waals surface area contributed by atoms with E-state index in [0.717, 1.165) is 0 Å². The van der Waals surface area contributed by atoms with Gasteiger partial charge in [0.25, 0.3) is 0 Å². The molecule has 0 spiro atoms. The summed E-state index contributed by atoms with van der Waals surface area (Å²) in [6, 6.07) is -0.861. The van der Waals surface area contributed by atoms with Crippen LogP contribution in [0.2, 0.25) is 0 Å². The average Bonchev–Trinajstić information content (AvgIpc) is 2.11. The largest absolute Gasteiger partial charge is 0.480 e. The Morgan fingerprint density at radius 2 is 1.79 bits per heavy atom. The first-order valence-corrected chi connectivity index (χ1v) is 4.46. The fraction of sp³-hybridized carbons (Fsp3) is 0.778. The van der Waals surface area contributed by atoms with Crippen molar-refractivity contribution in [3.63, 3.8) is 0 Å². The molecule has 0 aromatic carbocycles. The molecular weight excluding hydrogens is 186 g/mol. The minimum atomic E-state index is -1.03. The minimum Gasteiger partial charge on any atom is -0.480 e. The Morgan fingerprint density at radius 1 is 1.29 bits per heavy atom. The number of hydrogen-bond acceptors (Lipinski definition) is 3. The Hall–Kier alpha value is -1.10. The van der Waals surface area contributed by atoms with Gasteiger partial charge in [0, 0.05) is 7.11 Å². The topological polar surface area (TPSA) is 75.6 Å². The maximum Gasteiger partial charge on any atom is 0.326 e. The van der Waals surface area contributed by atoms with Gasteiger partial charge in [-0.05, 0) is 12.8 Å². The summed E-state index contributed by atoms with van der Waals surface area (Å²) in [5.41, 5.74) is 0. The van der Waals surface area contributed by atoms with E-state index in [9.17, 15) is 9.59 Å². The third-order valence-electron chi connectivity index (χ3n) is 1.95. The van der Waals surface area contributed by atoms with E-state index in [1.807, 2.05) is 0 Å². The van der Waals surface area contributed by atoms with Crippen LogP contribution in [0.3, 0.4) is 0 Å². The van der Waals surface area contributed by atoms with Gasteiger partial charge in [0.2, 0.25) is 5.91 Å². The normalized spacial score (nSPS) is 14.9. The zero-order valence-electron chi connectivity index (χ0n) is 8.90. The van der Waals surface area contributed by atoms with Crippen molar-refractivity contribution in [1.82, 2.24) is 5.32 Å². The van der Waals surface area contributed by atoms with Crippen LogP contribution < -0.4 is 5.32 Å². The second-order valence-electron chi connectivity index (χ2n) is 3.45. The lowest BCUT2D eigenvalue weighted by molar-refractivity contribution is -0.144. The fourth-order valence-electron chi connectivity index (χ4n) is 0.891. The molecule has 0 aromatic rings. The van der Waals surface area contributed by atoms with E-state index in [2.05, 4.69) is 5.32 Å². The van der Waals surface area contributed by atoms with Crippen LogP contribution in [0.4, 0.5) is 0 Å². The number of carbonyl (C=O) groups is 2. The van der Waals surface area contributed by atoms with Crippen molar-refractivity contribution in [1.29, 1.82) is 0 Å². The molecule has 0 heterocycles. The lowest BCUT2D eigenvalue weighted by atomic mass is 10.0. The van der Waals surface area contributed by atoms with Crippen molar-refractivity contribution in [2.45, 2.75) is 32.9 Å². The number of carboxylic acids is 1. The first kappa shape index (κ1) is 12.9. The van der Waals surface area contributed by atoms with E-state index in [1.54, 1.807) is 20.8 Å². The predicted octanol–water partition coefficient (Wildman–Crippen LogP) is 0.247. The summed E-state index contributed by atoms with van der Waals surface area (Å²) in [6.45, 7) is 5.03. The first-order chi connectivity index (χ1) is 6.40. The molecular formula is C9H17NO4. The number of aliphatic carboxylic acids is 1. The summed E-state index contributed by atoms with van der Waals surface area (Å²) in [5, 5.41) is 11.2. The maximum absolute atomic E-state index is 11.3. The van der Waals surface area contributed by atoms with Gasteiger partial charge in [0.05, 0.1) is 0 Å². The standard InChI is InChI=1S/C9H17NO4/c1-5(2)7(9(12)13)10-8(11)6(3)14-4/h5-7H,1-4H3,(H,10,11)(H,12,13)/t6?,7-/m0/s1. The van der Waals surface area contributed by atoms with Gasteiger partial charge in [-0.2, -0.15) is 0 Å². The highest BCUT2D eigenvalue weighted by molar-refractivity contribution is 5.86. The molecule has 2 N–H and O–H groups in total. The molecule has 0 aliphatic rings. The molecule has 0 aromatic heterocycles. The summed E-state index contributed by atoms with van der Waals surface area (Å²) in [7, 11) is 1.40. The van der Waals surface area contributed by atoms with E-state index in [1.165, 1.54) is 7.11 Å². The van der Waals surface area contributed by atoms with Crippen LogP contribution in [0, 0.1) is 5.92 Å². The molecule has 0 radical (unpaired) electrons. The third-order valence-corrected chi connectivity index (χ3v) is 1.95. The van der Waals surface area contributed by atoms with Crippen molar-refractivity contribution < 1.29 is 19.4 Å². The first-order valence-electron chi connectivity index (χ1n) is 4.46. The Morgan fingerprint density at radius 3 is 2.07 bits per heavy atom. The summed E-state index contributed by atoms with van der Waals surface area (Å²) >= 11 is 0. The highest BCUT2D eigenvalue weighted by atomic mass is 16.5. The molecule has 0 saturated carbocycles. The lowest BCUT2D eigenvalue weighted by Crippen LogP contribution is -2.47. The lowest BCUT2D eigenvalue weighted by Gasteiger charge is -2.19. The molecule has 2 atom stereocenters. The number of carbonyl (C=O) groups excluding carboxylic acids is 1. The summed E-state index contributed by atoms with van der Waals surface area (Å²) in [4.78, 5) is 22.0. The van der Waals surface area contributed by atoms with Crippen molar-refractivity contribution in [3.05, 3.63) is 0 Å². The van der Waals surface area contributed by atoms with Gasteiger partial charge >= 0.3 is 5.97 Å². The molecule has 1 amide bonds. The Balaban J connectivity index is 4.31. The summed E-state index contributed by atoms with van der Waals surface area (Å²) < 4.78 is 4.77. The molecule has 14 heavy (non-hydrogen) atoms. The van der Waals surface area contributed by atoms with Crippen LogP contribution in [-0.2, 0) is 14.3 Å². The molecule has 5 heteroatoms. The molecule has 82 valence electrons. The highest BCUT2D eigenvalue weighted by Gasteiger charge is 2.25. The number of carboxylic acid groups (broad SMARTS) is 1. The van der Waals surface area contributed by atoms with Gasteiger partial charge in [-0.3, -0.25) is 4.79 Å². The molecule has 0 fully saturated rings. The van der Waals surface area contributed by atoms with Crippen molar-refractivity contribution in [3.8, 4) is 0 Å². The quantitative estimate of drug-likeness (QED) is 0.671. The van der Waals surface area contributed by atoms with Crippen LogP contribution in [0.25, 0.3) is 0 Å². The van der Waals surface area contributed by atoms with Gasteiger partial charge in [0.1, 0.15) is 12.1 Å². The minimum absolute atomic E-state index is 0.152. The number of hydrogen-bond donors (Lipinski definition) is 2. The van der Waals surface area contributed by atoms with E-state index in [-0.39, 0.29) is 5.92 Å². The number of amides is 1. The van der Waals surface area contributed by atoms with Gasteiger partial charge in [-0.1, -0.05) is 13.8 Å². The SMILES string of the molecule is COC(C)C(=O)N[C@H](C(=O)O)C(C)C. The predicted molar refractivity (Wildman–Crippen MR) is 50.9 cm³/mol. The van der Waals surface area contributed by atoms with Crippen molar-refractivity contribution >= 4 is 11.9 Å². The molecule has 0 bridgehead atoms. The van der Waals surface area contributed by atoms with Crippen LogP contribution in [0.15, 0.2) is 0 Å². The number of methoxy groups -OCH3 is 1. The monoisotopic (exact) mass is 203 g/mol. The van der Waals surface area contributed by atoms with Gasteiger partial charge < -0.3 is 15.2 Å². The second-order valence-corrected chi connectivity index (χ2v) is 3.45. The summed E-state index contributed by atoms with van der Waals surface area (Å²) in [6.07, 6.45) is -0.629. The van der Waals surface area contributed by atoms with Crippen molar-refractivity contribution in [2.75, 3.05) is 7.11 Å². The van der Waals surface area contributed by atoms with Gasteiger partial charge in [0.15, 0.2) is 0 Å². The van der Waals surface area contributed by atoms with E-state index >= 15 is 0 Å². The van der Waals surface area contributed by atoms with E-state index < -0.39 is 24.0 Å². The van der Waals surface area contributed by atoms with Crippen LogP contribution in [-0.4, -0.2) is 36.2 Å². The number of rotatable bonds is 5. The van der Waals surface area contributed by atoms with Gasteiger partial charge in [-0.15, -0.1) is 0 Å². The van der Waals surface area contributed by atoms with Crippen LogP contribution in [0.5, 0.6) is 0 Å². The Kier molecular flexibility index (Phi) is 5.15. The van der Waals surface area contributed by atoms with E-state index in [0.29, 0.717) is 0 Å². The van der Waals surface area contributed by atoms with Crippen LogP contribution in [0.1, 0.15) is 20.8 Å². The number of ether oxygens (including phenoxy) is 1. The summed E-state index contributed by atoms with van der Waals surface area (Å²) in [5.74, 6) is -1.59. The average molecular weight is 203 g/mol. The van der Waals surface area contributed by atoms with E-state index in [4.69, 9.17) is 9.84 Å². The molecule has 0 rings (SSSR count). The second kappa shape index (κ2) is 5.59. The Bertz CT molecular complexity index is 215. The van der Waals surface area contributed by atoms with Crippen LogP contribution >= 0.6 is 0 Å². The molecule has 0 aliphatic heterocycles. The smallest absolute Gasteiger partial charge is 0.326 e. The molecule has 5 nitrogen and oxygen atoms in total. The zero-order chi connectivity index (χ0) is 11.3. The molecule has 1 unspecified atom stereocenters. The zero-order valence-corrected chi connectivity index (χ0v) is 8.90. The molecule has 0 saturated heterocycles. The number of nitrogens with one attached hydrogen (secondary N) is 1. The maximum atomic E-state index is 11.3. The van der Waals surface area contributed by atoms with Crippen molar-refractivity contribution in [2.24, 2.45) is 5.92 Å². The molecule has 0 aliphatic carbocycles. The fourth-order valence-corrected chi connectivity index (χ4v) is 0.891.